The Morgan fingerprint density at radius 1 is 1.19 bits per heavy atom. The number of benzene rings is 2. The molecule has 1 saturated carbocycles. The van der Waals surface area contributed by atoms with E-state index in [1.807, 2.05) is 66.1 Å². The highest BCUT2D eigenvalue weighted by Gasteiger charge is 2.45. The van der Waals surface area contributed by atoms with Gasteiger partial charge < -0.3 is 5.32 Å². The Morgan fingerprint density at radius 2 is 1.96 bits per heavy atom. The van der Waals surface area contributed by atoms with Crippen molar-refractivity contribution in [2.45, 2.75) is 31.6 Å². The number of hydrogen-bond acceptors (Lipinski definition) is 3. The maximum Gasteiger partial charge on any atom is 0.235 e. The van der Waals surface area contributed by atoms with Crippen molar-refractivity contribution in [2.24, 2.45) is 0 Å². The standard InChI is InChI=1S/C20H20N4OS/c1-14-22-23-19(26)24(14)17-10-5-9-16(13-17)21-18(25)20(11-6-12-20)15-7-3-2-4-8-15/h2-5,7-10,13H,6,11-12H2,1H3,(H,21,25)(H,23,26). The van der Waals surface area contributed by atoms with E-state index < -0.39 is 5.41 Å². The predicted octanol–water partition coefficient (Wildman–Crippen LogP) is 4.30. The minimum Gasteiger partial charge on any atom is -0.325 e. The van der Waals surface area contributed by atoms with E-state index in [-0.39, 0.29) is 5.91 Å². The Balaban J connectivity index is 1.63. The molecule has 6 heteroatoms. The molecule has 3 aromatic rings. The van der Waals surface area contributed by atoms with Gasteiger partial charge in [0.2, 0.25) is 5.91 Å². The summed E-state index contributed by atoms with van der Waals surface area (Å²) in [5.74, 6) is 0.831. The van der Waals surface area contributed by atoms with Crippen molar-refractivity contribution in [3.05, 3.63) is 70.8 Å². The highest BCUT2D eigenvalue weighted by atomic mass is 32.1. The Labute approximate surface area is 157 Å². The maximum absolute atomic E-state index is 13.1. The molecule has 0 bridgehead atoms. The lowest BCUT2D eigenvalue weighted by atomic mass is 9.64. The molecule has 132 valence electrons. The summed E-state index contributed by atoms with van der Waals surface area (Å²) in [7, 11) is 0. The van der Waals surface area contributed by atoms with E-state index in [0.29, 0.717) is 4.77 Å². The number of carbonyl (C=O) groups excluding carboxylic acids is 1. The molecule has 0 atom stereocenters. The van der Waals surface area contributed by atoms with Gasteiger partial charge in [-0.2, -0.15) is 5.10 Å². The highest BCUT2D eigenvalue weighted by Crippen LogP contribution is 2.44. The Morgan fingerprint density at radius 3 is 2.58 bits per heavy atom. The first kappa shape index (κ1) is 16.7. The van der Waals surface area contributed by atoms with Crippen molar-refractivity contribution in [2.75, 3.05) is 5.32 Å². The highest BCUT2D eigenvalue weighted by molar-refractivity contribution is 7.71. The van der Waals surface area contributed by atoms with Gasteiger partial charge in [0.1, 0.15) is 5.82 Å². The van der Waals surface area contributed by atoms with Crippen LogP contribution in [0.25, 0.3) is 5.69 Å². The molecule has 1 amide bonds. The first-order valence-electron chi connectivity index (χ1n) is 8.72. The van der Waals surface area contributed by atoms with Gasteiger partial charge in [0.05, 0.1) is 11.1 Å². The van der Waals surface area contributed by atoms with Gasteiger partial charge in [0, 0.05) is 5.69 Å². The van der Waals surface area contributed by atoms with Crippen LogP contribution in [0.3, 0.4) is 0 Å². The number of aromatic nitrogens is 3. The SMILES string of the molecule is Cc1n[nH]c(=S)n1-c1cccc(NC(=O)C2(c3ccccc3)CCC2)c1. The van der Waals surface area contributed by atoms with Gasteiger partial charge >= 0.3 is 0 Å². The number of aromatic amines is 1. The zero-order valence-corrected chi connectivity index (χ0v) is 15.3. The molecule has 0 spiro atoms. The number of H-pyrrole nitrogens is 1. The van der Waals surface area contributed by atoms with Crippen LogP contribution in [0.5, 0.6) is 0 Å². The number of amides is 1. The summed E-state index contributed by atoms with van der Waals surface area (Å²) in [5.41, 5.74) is 2.31. The largest absolute Gasteiger partial charge is 0.325 e. The summed E-state index contributed by atoms with van der Waals surface area (Å²) in [5, 5.41) is 10.0. The third kappa shape index (κ3) is 2.76. The Hall–Kier alpha value is -2.73. The topological polar surface area (TPSA) is 62.7 Å². The molecule has 0 unspecified atom stereocenters. The lowest BCUT2D eigenvalue weighted by Gasteiger charge is -2.40. The Bertz CT molecular complexity index is 1000. The fourth-order valence-corrected chi connectivity index (χ4v) is 3.87. The molecular weight excluding hydrogens is 344 g/mol. The van der Waals surface area contributed by atoms with E-state index in [2.05, 4.69) is 15.5 Å². The molecule has 1 aliphatic carbocycles. The molecule has 1 heterocycles. The summed E-state index contributed by atoms with van der Waals surface area (Å²) in [4.78, 5) is 13.1. The number of nitrogens with one attached hydrogen (secondary N) is 2. The maximum atomic E-state index is 13.1. The molecule has 4 rings (SSSR count). The molecule has 1 fully saturated rings. The summed E-state index contributed by atoms with van der Waals surface area (Å²) in [6, 6.07) is 17.7. The first-order valence-corrected chi connectivity index (χ1v) is 9.12. The smallest absolute Gasteiger partial charge is 0.235 e. The monoisotopic (exact) mass is 364 g/mol. The van der Waals surface area contributed by atoms with E-state index in [4.69, 9.17) is 12.2 Å². The van der Waals surface area contributed by atoms with Crippen LogP contribution < -0.4 is 5.32 Å². The fraction of sp³-hybridized carbons (Fsp3) is 0.250. The van der Waals surface area contributed by atoms with Crippen LogP contribution in [-0.2, 0) is 10.2 Å². The number of rotatable bonds is 4. The molecule has 0 saturated heterocycles. The summed E-state index contributed by atoms with van der Waals surface area (Å²) < 4.78 is 2.38. The van der Waals surface area contributed by atoms with Gasteiger partial charge in [-0.1, -0.05) is 42.8 Å². The molecule has 1 aromatic heterocycles. The predicted molar refractivity (Wildman–Crippen MR) is 104 cm³/mol. The van der Waals surface area contributed by atoms with Gasteiger partial charge in [-0.05, 0) is 55.7 Å². The van der Waals surface area contributed by atoms with Gasteiger partial charge in [-0.15, -0.1) is 0 Å². The number of nitrogens with zero attached hydrogens (tertiary/aromatic N) is 2. The van der Waals surface area contributed by atoms with Crippen LogP contribution >= 0.6 is 12.2 Å². The zero-order valence-electron chi connectivity index (χ0n) is 14.5. The summed E-state index contributed by atoms with van der Waals surface area (Å²) in [6.07, 6.45) is 2.84. The Kier molecular flexibility index (Phi) is 4.20. The second-order valence-corrected chi connectivity index (χ2v) is 7.10. The second-order valence-electron chi connectivity index (χ2n) is 6.72. The molecule has 1 aliphatic rings. The van der Waals surface area contributed by atoms with Crippen molar-refractivity contribution in [1.29, 1.82) is 0 Å². The van der Waals surface area contributed by atoms with Crippen LogP contribution in [0.4, 0.5) is 5.69 Å². The minimum atomic E-state index is -0.418. The van der Waals surface area contributed by atoms with Gasteiger partial charge in [0.15, 0.2) is 4.77 Å². The molecule has 2 N–H and O–H groups in total. The zero-order chi connectivity index (χ0) is 18.1. The number of anilines is 1. The van der Waals surface area contributed by atoms with Crippen molar-refractivity contribution in [1.82, 2.24) is 14.8 Å². The van der Waals surface area contributed by atoms with Gasteiger partial charge in [-0.25, -0.2) is 0 Å². The van der Waals surface area contributed by atoms with E-state index in [9.17, 15) is 4.79 Å². The van der Waals surface area contributed by atoms with Crippen molar-refractivity contribution in [3.8, 4) is 5.69 Å². The van der Waals surface area contributed by atoms with Crippen LogP contribution in [0.2, 0.25) is 0 Å². The fourth-order valence-electron chi connectivity index (χ4n) is 3.59. The van der Waals surface area contributed by atoms with Gasteiger partial charge in [0.25, 0.3) is 0 Å². The van der Waals surface area contributed by atoms with Crippen molar-refractivity contribution in [3.63, 3.8) is 0 Å². The van der Waals surface area contributed by atoms with E-state index in [1.54, 1.807) is 0 Å². The van der Waals surface area contributed by atoms with E-state index in [0.717, 1.165) is 42.0 Å². The van der Waals surface area contributed by atoms with Crippen molar-refractivity contribution < 1.29 is 4.79 Å². The number of hydrogen-bond donors (Lipinski definition) is 2. The van der Waals surface area contributed by atoms with Crippen molar-refractivity contribution >= 4 is 23.8 Å². The van der Waals surface area contributed by atoms with Crippen LogP contribution in [0.1, 0.15) is 30.7 Å². The molecule has 0 aliphatic heterocycles. The average molecular weight is 364 g/mol. The normalized spacial score (nSPS) is 15.3. The van der Waals surface area contributed by atoms with E-state index in [1.165, 1.54) is 0 Å². The molecule has 5 nitrogen and oxygen atoms in total. The minimum absolute atomic E-state index is 0.0552. The lowest BCUT2D eigenvalue weighted by molar-refractivity contribution is -0.124. The average Bonchev–Trinajstić information content (AvgIpc) is 2.94. The molecule has 2 aromatic carbocycles. The summed E-state index contributed by atoms with van der Waals surface area (Å²) in [6.45, 7) is 1.89. The number of carbonyl (C=O) groups is 1. The lowest BCUT2D eigenvalue weighted by Crippen LogP contribution is -2.45. The molecular formula is C20H20N4OS. The van der Waals surface area contributed by atoms with Crippen LogP contribution in [0, 0.1) is 11.7 Å². The molecule has 0 radical (unpaired) electrons. The quantitative estimate of drug-likeness (QED) is 0.679. The van der Waals surface area contributed by atoms with Gasteiger partial charge in [-0.3, -0.25) is 14.5 Å². The second kappa shape index (κ2) is 6.53. The number of aryl methyl sites for hydroxylation is 1. The molecule has 26 heavy (non-hydrogen) atoms. The first-order chi connectivity index (χ1) is 12.6. The van der Waals surface area contributed by atoms with Crippen LogP contribution in [-0.4, -0.2) is 20.7 Å². The third-order valence-electron chi connectivity index (χ3n) is 5.17. The third-order valence-corrected chi connectivity index (χ3v) is 5.44. The van der Waals surface area contributed by atoms with E-state index >= 15 is 0 Å². The summed E-state index contributed by atoms with van der Waals surface area (Å²) >= 11 is 5.29. The van der Waals surface area contributed by atoms with Crippen LogP contribution in [0.15, 0.2) is 54.6 Å².